The fraction of sp³-hybridized carbons (Fsp3) is 0. The van der Waals surface area contributed by atoms with Crippen LogP contribution < -0.4 is 5.56 Å². The van der Waals surface area contributed by atoms with Crippen molar-refractivity contribution in [2.24, 2.45) is 0 Å². The molecule has 0 atom stereocenters. The molecule has 5 aromatic heterocycles. The first-order valence-corrected chi connectivity index (χ1v) is 7.34. The largest absolute Gasteiger partial charge is 0.280 e. The highest BCUT2D eigenvalue weighted by molar-refractivity contribution is 5.79. The number of aromatic nitrogens is 9. The number of rotatable bonds is 2. The zero-order chi connectivity index (χ0) is 16.8. The Morgan fingerprint density at radius 1 is 1.04 bits per heavy atom. The van der Waals surface area contributed by atoms with Gasteiger partial charge in [0.05, 0.1) is 10.9 Å². The van der Waals surface area contributed by atoms with E-state index in [2.05, 4.69) is 30.2 Å². The molecule has 5 aromatic rings. The van der Waals surface area contributed by atoms with Crippen LogP contribution in [0.2, 0.25) is 0 Å². The van der Waals surface area contributed by atoms with Crippen LogP contribution in [0.3, 0.4) is 0 Å². The molecule has 0 unspecified atom stereocenters. The number of nitrogens with zero attached hydrogens (tertiary/aromatic N) is 9. The minimum atomic E-state index is -0.259. The maximum Gasteiger partial charge on any atom is 0.280 e. The molecule has 0 saturated heterocycles. The van der Waals surface area contributed by atoms with Crippen LogP contribution in [-0.4, -0.2) is 44.1 Å². The molecule has 0 aliphatic carbocycles. The molecule has 10 nitrogen and oxygen atoms in total. The van der Waals surface area contributed by atoms with Gasteiger partial charge in [-0.3, -0.25) is 9.78 Å². The van der Waals surface area contributed by atoms with Crippen LogP contribution >= 0.6 is 0 Å². The van der Waals surface area contributed by atoms with E-state index in [4.69, 9.17) is 0 Å². The number of hydrogen-bond acceptors (Lipinski definition) is 7. The van der Waals surface area contributed by atoms with E-state index >= 15 is 0 Å². The molecule has 0 saturated carbocycles. The van der Waals surface area contributed by atoms with Crippen molar-refractivity contribution in [3.8, 4) is 11.4 Å². The summed E-state index contributed by atoms with van der Waals surface area (Å²) in [4.78, 5) is 25.4. The van der Waals surface area contributed by atoms with Crippen molar-refractivity contribution in [1.82, 2.24) is 44.1 Å². The Bertz CT molecular complexity index is 1260. The molecular formula is C15H9N9O. The van der Waals surface area contributed by atoms with Crippen LogP contribution in [0.1, 0.15) is 0 Å². The van der Waals surface area contributed by atoms with Gasteiger partial charge in [0.15, 0.2) is 5.82 Å². The summed E-state index contributed by atoms with van der Waals surface area (Å²) in [5.74, 6) is 0.906. The van der Waals surface area contributed by atoms with Crippen LogP contribution in [-0.2, 0) is 0 Å². The fourth-order valence-corrected chi connectivity index (χ4v) is 2.61. The van der Waals surface area contributed by atoms with Crippen LogP contribution in [0, 0.1) is 0 Å². The lowest BCUT2D eigenvalue weighted by Gasteiger charge is -2.06. The first-order chi connectivity index (χ1) is 12.3. The minimum Gasteiger partial charge on any atom is -0.267 e. The lowest BCUT2D eigenvalue weighted by atomic mass is 10.3. The summed E-state index contributed by atoms with van der Waals surface area (Å²) in [5.41, 5.74) is 1.13. The molecule has 5 rings (SSSR count). The van der Waals surface area contributed by atoms with Gasteiger partial charge in [0.1, 0.15) is 12.7 Å². The quantitative estimate of drug-likeness (QED) is 0.461. The van der Waals surface area contributed by atoms with Gasteiger partial charge in [-0.2, -0.15) is 9.50 Å². The molecule has 0 aliphatic heterocycles. The van der Waals surface area contributed by atoms with Gasteiger partial charge >= 0.3 is 0 Å². The van der Waals surface area contributed by atoms with Crippen molar-refractivity contribution in [1.29, 1.82) is 0 Å². The predicted octanol–water partition coefficient (Wildman–Crippen LogP) is 0.404. The van der Waals surface area contributed by atoms with E-state index in [0.29, 0.717) is 22.5 Å². The molecule has 0 bridgehead atoms. The van der Waals surface area contributed by atoms with Gasteiger partial charge in [0.25, 0.3) is 11.3 Å². The third-order valence-electron chi connectivity index (χ3n) is 3.79. The maximum atomic E-state index is 12.7. The average Bonchev–Trinajstić information content (AvgIpc) is 3.32. The second-order valence-electron chi connectivity index (χ2n) is 5.25. The zero-order valence-electron chi connectivity index (χ0n) is 12.6. The minimum absolute atomic E-state index is 0.259. The zero-order valence-corrected chi connectivity index (χ0v) is 12.6. The van der Waals surface area contributed by atoms with Crippen molar-refractivity contribution in [2.75, 3.05) is 0 Å². The van der Waals surface area contributed by atoms with Gasteiger partial charge < -0.3 is 0 Å². The van der Waals surface area contributed by atoms with Gasteiger partial charge in [0, 0.05) is 30.4 Å². The highest BCUT2D eigenvalue weighted by Gasteiger charge is 2.13. The summed E-state index contributed by atoms with van der Waals surface area (Å²) < 4.78 is 4.42. The van der Waals surface area contributed by atoms with Gasteiger partial charge in [-0.25, -0.2) is 14.3 Å². The second kappa shape index (κ2) is 5.03. The molecule has 0 aromatic carbocycles. The fourth-order valence-electron chi connectivity index (χ4n) is 2.61. The van der Waals surface area contributed by atoms with Crippen LogP contribution in [0.5, 0.6) is 0 Å². The van der Waals surface area contributed by atoms with Gasteiger partial charge in [-0.05, 0) is 18.2 Å². The van der Waals surface area contributed by atoms with Crippen LogP contribution in [0.25, 0.3) is 28.1 Å². The van der Waals surface area contributed by atoms with Crippen molar-refractivity contribution >= 4 is 16.7 Å². The van der Waals surface area contributed by atoms with Crippen LogP contribution in [0.15, 0.2) is 60.4 Å². The summed E-state index contributed by atoms with van der Waals surface area (Å²) in [7, 11) is 0. The maximum absolute atomic E-state index is 12.7. The topological polar surface area (TPSA) is 109 Å². The first-order valence-electron chi connectivity index (χ1n) is 7.34. The summed E-state index contributed by atoms with van der Waals surface area (Å²) in [6, 6.07) is 5.44. The number of pyridine rings is 2. The van der Waals surface area contributed by atoms with Crippen molar-refractivity contribution < 1.29 is 0 Å². The molecule has 0 radical (unpaired) electrons. The molecule has 5 heterocycles. The van der Waals surface area contributed by atoms with Gasteiger partial charge in [0.2, 0.25) is 0 Å². The van der Waals surface area contributed by atoms with E-state index in [1.807, 2.05) is 12.1 Å². The first kappa shape index (κ1) is 13.5. The van der Waals surface area contributed by atoms with Crippen molar-refractivity contribution in [2.45, 2.75) is 0 Å². The Labute approximate surface area is 139 Å². The molecule has 0 spiro atoms. The molecule has 0 aliphatic rings. The Hall–Kier alpha value is -3.95. The monoisotopic (exact) mass is 331 g/mol. The van der Waals surface area contributed by atoms with E-state index in [1.54, 1.807) is 29.2 Å². The standard InChI is InChI=1S/C15H9N9O/c25-14-11-7-17-15-20-13(10-2-1-4-16-6-10)21-24(15)12(11)3-5-23(14)22-8-18-19-9-22/h1-9H. The lowest BCUT2D eigenvalue weighted by molar-refractivity contribution is 0.632. The number of hydrogen-bond donors (Lipinski definition) is 0. The molecular weight excluding hydrogens is 322 g/mol. The lowest BCUT2D eigenvalue weighted by Crippen LogP contribution is -2.25. The third-order valence-corrected chi connectivity index (χ3v) is 3.79. The predicted molar refractivity (Wildman–Crippen MR) is 86.6 cm³/mol. The van der Waals surface area contributed by atoms with E-state index < -0.39 is 0 Å². The average molecular weight is 331 g/mol. The molecule has 10 heteroatoms. The Kier molecular flexibility index (Phi) is 2.71. The highest BCUT2D eigenvalue weighted by Crippen LogP contribution is 2.16. The van der Waals surface area contributed by atoms with E-state index in [9.17, 15) is 4.79 Å². The van der Waals surface area contributed by atoms with Gasteiger partial charge in [-0.1, -0.05) is 0 Å². The molecule has 25 heavy (non-hydrogen) atoms. The third kappa shape index (κ3) is 2.01. The van der Waals surface area contributed by atoms with E-state index in [1.165, 1.54) is 28.2 Å². The van der Waals surface area contributed by atoms with Crippen molar-refractivity contribution in [3.05, 3.63) is 66.0 Å². The van der Waals surface area contributed by atoms with Crippen molar-refractivity contribution in [3.63, 3.8) is 0 Å². The molecule has 120 valence electrons. The highest BCUT2D eigenvalue weighted by atomic mass is 16.1. The number of fused-ring (bicyclic) bond motifs is 3. The summed E-state index contributed by atoms with van der Waals surface area (Å²) in [6.07, 6.45) is 9.36. The van der Waals surface area contributed by atoms with Crippen LogP contribution in [0.4, 0.5) is 0 Å². The van der Waals surface area contributed by atoms with E-state index in [-0.39, 0.29) is 5.56 Å². The normalized spacial score (nSPS) is 11.4. The molecule has 0 N–H and O–H groups in total. The van der Waals surface area contributed by atoms with E-state index in [0.717, 1.165) is 5.56 Å². The molecule has 0 fully saturated rings. The SMILES string of the molecule is O=c1c2cnc3nc(-c4cccnc4)nn3c2ccn1-n1cnnc1. The smallest absolute Gasteiger partial charge is 0.267 e. The molecule has 0 amide bonds. The summed E-state index contributed by atoms with van der Waals surface area (Å²) >= 11 is 0. The van der Waals surface area contributed by atoms with Gasteiger partial charge in [-0.15, -0.1) is 15.3 Å². The second-order valence-corrected chi connectivity index (χ2v) is 5.25. The summed E-state index contributed by atoms with van der Waals surface area (Å²) in [5, 5.41) is 12.3. The Morgan fingerprint density at radius 2 is 1.92 bits per heavy atom. The Morgan fingerprint density at radius 3 is 2.72 bits per heavy atom. The Balaban J connectivity index is 1.77. The summed E-state index contributed by atoms with van der Waals surface area (Å²) in [6.45, 7) is 0.